The van der Waals surface area contributed by atoms with E-state index in [2.05, 4.69) is 16.6 Å². The van der Waals surface area contributed by atoms with Crippen molar-refractivity contribution in [2.75, 3.05) is 26.3 Å². The Morgan fingerprint density at radius 1 is 1.22 bits per heavy atom. The Bertz CT molecular complexity index is 800. The zero-order valence-electron chi connectivity index (χ0n) is 16.4. The van der Waals surface area contributed by atoms with E-state index in [1.54, 1.807) is 0 Å². The van der Waals surface area contributed by atoms with Crippen molar-refractivity contribution in [1.29, 1.82) is 0 Å². The van der Waals surface area contributed by atoms with Gasteiger partial charge < -0.3 is 18.7 Å². The van der Waals surface area contributed by atoms with Gasteiger partial charge in [-0.1, -0.05) is 5.16 Å². The molecule has 1 atom stereocenters. The van der Waals surface area contributed by atoms with Crippen LogP contribution >= 0.6 is 0 Å². The summed E-state index contributed by atoms with van der Waals surface area (Å²) in [5.74, 6) is 2.52. The predicted molar refractivity (Wildman–Crippen MR) is 99.7 cm³/mol. The number of imidazole rings is 1. The number of carbonyl (C=O) groups is 1. The van der Waals surface area contributed by atoms with Crippen LogP contribution in [0.25, 0.3) is 0 Å². The Morgan fingerprint density at radius 3 is 2.70 bits per heavy atom. The van der Waals surface area contributed by atoms with Crippen LogP contribution in [0.3, 0.4) is 0 Å². The molecule has 2 fully saturated rings. The highest BCUT2D eigenvalue weighted by Crippen LogP contribution is 2.32. The number of hydrogen-bond donors (Lipinski definition) is 0. The predicted octanol–water partition coefficient (Wildman–Crippen LogP) is 2.71. The van der Waals surface area contributed by atoms with Gasteiger partial charge in [0.25, 0.3) is 0 Å². The van der Waals surface area contributed by atoms with Gasteiger partial charge in [0.1, 0.15) is 11.6 Å². The highest BCUT2D eigenvalue weighted by Gasteiger charge is 2.32. The second-order valence-corrected chi connectivity index (χ2v) is 7.78. The Balaban J connectivity index is 1.47. The number of hydrogen-bond acceptors (Lipinski definition) is 5. The van der Waals surface area contributed by atoms with E-state index in [-0.39, 0.29) is 5.91 Å². The van der Waals surface area contributed by atoms with Crippen molar-refractivity contribution in [3.05, 3.63) is 34.7 Å². The van der Waals surface area contributed by atoms with Crippen LogP contribution in [-0.2, 0) is 16.0 Å². The van der Waals surface area contributed by atoms with Gasteiger partial charge in [0.05, 0.1) is 18.2 Å². The standard InChI is InChI=1S/C20H28N4O3/c1-13-11-21-20(16-5-8-26-9-6-16)24(13)17-4-7-23(12-17)19(25)10-18-14(2)22-27-15(18)3/h11,16-17H,4-10,12H2,1-3H3. The third-order valence-corrected chi connectivity index (χ3v) is 5.99. The number of aromatic nitrogens is 3. The summed E-state index contributed by atoms with van der Waals surface area (Å²) in [7, 11) is 0. The molecule has 7 nitrogen and oxygen atoms in total. The van der Waals surface area contributed by atoms with Crippen LogP contribution in [0.4, 0.5) is 0 Å². The molecular weight excluding hydrogens is 344 g/mol. The number of likely N-dealkylation sites (tertiary alicyclic amines) is 1. The highest BCUT2D eigenvalue weighted by atomic mass is 16.5. The van der Waals surface area contributed by atoms with E-state index in [1.165, 1.54) is 11.5 Å². The molecule has 27 heavy (non-hydrogen) atoms. The smallest absolute Gasteiger partial charge is 0.227 e. The van der Waals surface area contributed by atoms with Crippen LogP contribution in [0, 0.1) is 20.8 Å². The molecule has 2 aromatic heterocycles. The molecule has 2 aliphatic heterocycles. The first kappa shape index (κ1) is 18.2. The average Bonchev–Trinajstić information content (AvgIpc) is 3.37. The number of rotatable bonds is 4. The average molecular weight is 372 g/mol. The van der Waals surface area contributed by atoms with Gasteiger partial charge in [-0.3, -0.25) is 4.79 Å². The largest absolute Gasteiger partial charge is 0.381 e. The maximum atomic E-state index is 12.8. The van der Waals surface area contributed by atoms with Gasteiger partial charge in [0, 0.05) is 49.7 Å². The number of amides is 1. The van der Waals surface area contributed by atoms with Crippen LogP contribution in [0.2, 0.25) is 0 Å². The Kier molecular flexibility index (Phi) is 5.04. The van der Waals surface area contributed by atoms with Crippen LogP contribution in [0.5, 0.6) is 0 Å². The summed E-state index contributed by atoms with van der Waals surface area (Å²) in [6.45, 7) is 9.02. The molecule has 0 bridgehead atoms. The Labute approximate surface area is 159 Å². The molecule has 0 spiro atoms. The summed E-state index contributed by atoms with van der Waals surface area (Å²) in [5.41, 5.74) is 2.91. The third-order valence-electron chi connectivity index (χ3n) is 5.99. The minimum absolute atomic E-state index is 0.150. The van der Waals surface area contributed by atoms with Crippen LogP contribution in [-0.4, -0.2) is 51.8 Å². The van der Waals surface area contributed by atoms with Gasteiger partial charge in [-0.2, -0.15) is 0 Å². The van der Waals surface area contributed by atoms with E-state index in [1.807, 2.05) is 24.9 Å². The molecule has 146 valence electrons. The van der Waals surface area contributed by atoms with Crippen molar-refractivity contribution in [2.45, 2.75) is 58.4 Å². The second-order valence-electron chi connectivity index (χ2n) is 7.78. The topological polar surface area (TPSA) is 73.4 Å². The van der Waals surface area contributed by atoms with Gasteiger partial charge in [0.2, 0.25) is 5.91 Å². The molecule has 2 saturated heterocycles. The lowest BCUT2D eigenvalue weighted by atomic mass is 9.99. The van der Waals surface area contributed by atoms with E-state index in [0.29, 0.717) is 18.4 Å². The summed E-state index contributed by atoms with van der Waals surface area (Å²) >= 11 is 0. The fourth-order valence-electron chi connectivity index (χ4n) is 4.39. The summed E-state index contributed by atoms with van der Waals surface area (Å²) in [6, 6.07) is 0.305. The fourth-order valence-corrected chi connectivity index (χ4v) is 4.39. The van der Waals surface area contributed by atoms with Crippen molar-refractivity contribution >= 4 is 5.91 Å². The Hall–Kier alpha value is -2.15. The number of nitrogens with zero attached hydrogens (tertiary/aromatic N) is 4. The van der Waals surface area contributed by atoms with E-state index in [0.717, 1.165) is 62.6 Å². The highest BCUT2D eigenvalue weighted by molar-refractivity contribution is 5.79. The number of aryl methyl sites for hydroxylation is 3. The van der Waals surface area contributed by atoms with Crippen molar-refractivity contribution in [2.24, 2.45) is 0 Å². The monoisotopic (exact) mass is 372 g/mol. The first-order chi connectivity index (χ1) is 13.0. The molecule has 7 heteroatoms. The molecule has 0 aromatic carbocycles. The number of carbonyl (C=O) groups excluding carboxylic acids is 1. The third kappa shape index (κ3) is 3.52. The molecule has 4 rings (SSSR count). The lowest BCUT2D eigenvalue weighted by Gasteiger charge is -2.26. The summed E-state index contributed by atoms with van der Waals surface area (Å²) in [4.78, 5) is 19.5. The van der Waals surface area contributed by atoms with Gasteiger partial charge in [-0.05, 0) is 40.0 Å². The first-order valence-electron chi connectivity index (χ1n) is 9.85. The quantitative estimate of drug-likeness (QED) is 0.825. The van der Waals surface area contributed by atoms with Crippen molar-refractivity contribution in [1.82, 2.24) is 19.6 Å². The van der Waals surface area contributed by atoms with Gasteiger partial charge in [0.15, 0.2) is 0 Å². The zero-order valence-corrected chi connectivity index (χ0v) is 16.4. The second kappa shape index (κ2) is 7.46. The summed E-state index contributed by atoms with van der Waals surface area (Å²) in [5, 5.41) is 3.96. The minimum atomic E-state index is 0.150. The molecule has 4 heterocycles. The lowest BCUT2D eigenvalue weighted by Crippen LogP contribution is -2.31. The molecule has 1 unspecified atom stereocenters. The maximum absolute atomic E-state index is 12.8. The maximum Gasteiger partial charge on any atom is 0.227 e. The molecule has 0 aliphatic carbocycles. The molecule has 0 saturated carbocycles. The molecular formula is C20H28N4O3. The van der Waals surface area contributed by atoms with Gasteiger partial charge in [-0.15, -0.1) is 0 Å². The van der Waals surface area contributed by atoms with E-state index in [4.69, 9.17) is 14.2 Å². The van der Waals surface area contributed by atoms with E-state index < -0.39 is 0 Å². The Morgan fingerprint density at radius 2 is 2.00 bits per heavy atom. The normalized spacial score (nSPS) is 21.1. The molecule has 2 aromatic rings. The van der Waals surface area contributed by atoms with E-state index in [9.17, 15) is 4.79 Å². The zero-order chi connectivity index (χ0) is 19.0. The number of ether oxygens (including phenoxy) is 1. The van der Waals surface area contributed by atoms with Gasteiger partial charge in [-0.25, -0.2) is 4.98 Å². The lowest BCUT2D eigenvalue weighted by molar-refractivity contribution is -0.129. The van der Waals surface area contributed by atoms with Gasteiger partial charge >= 0.3 is 0 Å². The van der Waals surface area contributed by atoms with E-state index >= 15 is 0 Å². The van der Waals surface area contributed by atoms with Crippen LogP contribution in [0.15, 0.2) is 10.7 Å². The SMILES string of the molecule is Cc1noc(C)c1CC(=O)N1CCC(n2c(C)cnc2C2CCOCC2)C1. The summed E-state index contributed by atoms with van der Waals surface area (Å²) in [6.07, 6.45) is 5.36. The molecule has 0 radical (unpaired) electrons. The summed E-state index contributed by atoms with van der Waals surface area (Å²) < 4.78 is 13.1. The first-order valence-corrected chi connectivity index (χ1v) is 9.85. The molecule has 0 N–H and O–H groups in total. The molecule has 2 aliphatic rings. The fraction of sp³-hybridized carbons (Fsp3) is 0.650. The van der Waals surface area contributed by atoms with Crippen molar-refractivity contribution in [3.63, 3.8) is 0 Å². The molecule has 1 amide bonds. The van der Waals surface area contributed by atoms with Crippen LogP contribution in [0.1, 0.15) is 59.8 Å². The van der Waals surface area contributed by atoms with Crippen molar-refractivity contribution < 1.29 is 14.1 Å². The van der Waals surface area contributed by atoms with Crippen molar-refractivity contribution in [3.8, 4) is 0 Å². The van der Waals surface area contributed by atoms with Crippen LogP contribution < -0.4 is 0 Å². The minimum Gasteiger partial charge on any atom is -0.381 e.